The van der Waals surface area contributed by atoms with Crippen LogP contribution in [0, 0.1) is 6.92 Å². The van der Waals surface area contributed by atoms with Gasteiger partial charge in [-0.1, -0.05) is 29.8 Å². The predicted octanol–water partition coefficient (Wildman–Crippen LogP) is 3.63. The number of likely N-dealkylation sites (N-methyl/N-ethyl adjacent to an activating group) is 1. The predicted molar refractivity (Wildman–Crippen MR) is 84.7 cm³/mol. The minimum atomic E-state index is 0.0674. The molecule has 3 aromatic rings. The second-order valence-electron chi connectivity index (χ2n) is 5.21. The molecule has 1 unspecified atom stereocenters. The van der Waals surface area contributed by atoms with Crippen LogP contribution in [0.2, 0.25) is 5.15 Å². The average Bonchev–Trinajstić information content (AvgIpc) is 3.00. The van der Waals surface area contributed by atoms with Gasteiger partial charge in [-0.3, -0.25) is 4.68 Å². The van der Waals surface area contributed by atoms with Crippen molar-refractivity contribution in [1.29, 1.82) is 0 Å². The Balaban J connectivity index is 1.94. The van der Waals surface area contributed by atoms with Gasteiger partial charge in [-0.2, -0.15) is 5.10 Å². The van der Waals surface area contributed by atoms with Crippen molar-refractivity contribution in [3.8, 4) is 0 Å². The second kappa shape index (κ2) is 5.54. The summed E-state index contributed by atoms with van der Waals surface area (Å²) in [6.07, 6.45) is 0.745. The van der Waals surface area contributed by atoms with E-state index in [0.29, 0.717) is 5.15 Å². The first kappa shape index (κ1) is 14.2. The third-order valence-corrected chi connectivity index (χ3v) is 4.29. The highest BCUT2D eigenvalue weighted by Gasteiger charge is 2.20. The number of fused-ring (bicyclic) bond motifs is 1. The van der Waals surface area contributed by atoms with Gasteiger partial charge < -0.3 is 9.73 Å². The molecular formula is C16H18ClN3O. The summed E-state index contributed by atoms with van der Waals surface area (Å²) in [6.45, 7) is 1.98. The van der Waals surface area contributed by atoms with Crippen LogP contribution < -0.4 is 5.32 Å². The van der Waals surface area contributed by atoms with Crippen LogP contribution in [0.4, 0.5) is 0 Å². The molecule has 0 aliphatic heterocycles. The summed E-state index contributed by atoms with van der Waals surface area (Å²) in [5.41, 5.74) is 2.92. The van der Waals surface area contributed by atoms with Gasteiger partial charge in [0, 0.05) is 18.0 Å². The third kappa shape index (κ3) is 2.57. The van der Waals surface area contributed by atoms with Crippen LogP contribution in [0.25, 0.3) is 11.0 Å². The Bertz CT molecular complexity index is 742. The number of rotatable bonds is 4. The van der Waals surface area contributed by atoms with Crippen LogP contribution in [-0.4, -0.2) is 16.8 Å². The molecule has 0 saturated heterocycles. The van der Waals surface area contributed by atoms with Crippen LogP contribution in [0.3, 0.4) is 0 Å². The molecule has 4 nitrogen and oxygen atoms in total. The van der Waals surface area contributed by atoms with E-state index < -0.39 is 0 Å². The number of para-hydroxylation sites is 1. The summed E-state index contributed by atoms with van der Waals surface area (Å²) < 4.78 is 7.65. The summed E-state index contributed by atoms with van der Waals surface area (Å²) in [5.74, 6) is 0.915. The van der Waals surface area contributed by atoms with Crippen LogP contribution in [0.5, 0.6) is 0 Å². The van der Waals surface area contributed by atoms with Gasteiger partial charge in [0.05, 0.1) is 11.7 Å². The lowest BCUT2D eigenvalue weighted by molar-refractivity contribution is 0.450. The number of aryl methyl sites for hydroxylation is 2. The van der Waals surface area contributed by atoms with Crippen molar-refractivity contribution in [2.45, 2.75) is 19.4 Å². The van der Waals surface area contributed by atoms with Crippen LogP contribution in [0.1, 0.15) is 23.1 Å². The molecule has 0 fully saturated rings. The Morgan fingerprint density at radius 3 is 2.76 bits per heavy atom. The third-order valence-electron chi connectivity index (χ3n) is 3.81. The van der Waals surface area contributed by atoms with Gasteiger partial charge in [0.15, 0.2) is 0 Å². The monoisotopic (exact) mass is 303 g/mol. The van der Waals surface area contributed by atoms with E-state index in [1.165, 1.54) is 0 Å². The second-order valence-corrected chi connectivity index (χ2v) is 5.57. The van der Waals surface area contributed by atoms with Gasteiger partial charge in [0.25, 0.3) is 0 Å². The molecule has 0 saturated carbocycles. The van der Waals surface area contributed by atoms with Crippen molar-refractivity contribution in [3.05, 3.63) is 52.5 Å². The Hall–Kier alpha value is -1.78. The molecule has 0 aliphatic carbocycles. The highest BCUT2D eigenvalue weighted by atomic mass is 35.5. The average molecular weight is 304 g/mol. The Morgan fingerprint density at radius 2 is 2.14 bits per heavy atom. The molecule has 2 heterocycles. The minimum absolute atomic E-state index is 0.0674. The number of halogens is 1. The van der Waals surface area contributed by atoms with Gasteiger partial charge in [-0.15, -0.1) is 0 Å². The lowest BCUT2D eigenvalue weighted by Gasteiger charge is -2.13. The number of hydrogen-bond acceptors (Lipinski definition) is 3. The molecule has 0 amide bonds. The van der Waals surface area contributed by atoms with Crippen LogP contribution >= 0.6 is 11.6 Å². The smallest absolute Gasteiger partial charge is 0.134 e. The molecule has 5 heteroatoms. The van der Waals surface area contributed by atoms with E-state index in [1.54, 1.807) is 4.68 Å². The summed E-state index contributed by atoms with van der Waals surface area (Å²) in [6, 6.07) is 10.2. The number of aromatic nitrogens is 2. The Morgan fingerprint density at radius 1 is 1.38 bits per heavy atom. The van der Waals surface area contributed by atoms with Crippen molar-refractivity contribution in [1.82, 2.24) is 15.1 Å². The molecule has 0 aliphatic rings. The fourth-order valence-electron chi connectivity index (χ4n) is 2.63. The molecule has 0 bridgehead atoms. The zero-order chi connectivity index (χ0) is 15.0. The van der Waals surface area contributed by atoms with E-state index >= 15 is 0 Å². The first-order chi connectivity index (χ1) is 10.1. The largest absolute Gasteiger partial charge is 0.459 e. The SMILES string of the molecule is CNC(Cc1c(C)nn(C)c1Cl)c1cc2ccccc2o1. The molecule has 21 heavy (non-hydrogen) atoms. The van der Waals surface area contributed by atoms with E-state index in [1.807, 2.05) is 39.2 Å². The highest BCUT2D eigenvalue weighted by molar-refractivity contribution is 6.30. The van der Waals surface area contributed by atoms with E-state index in [4.69, 9.17) is 16.0 Å². The number of nitrogens with one attached hydrogen (secondary N) is 1. The van der Waals surface area contributed by atoms with Crippen molar-refractivity contribution < 1.29 is 4.42 Å². The summed E-state index contributed by atoms with van der Waals surface area (Å²) in [5, 5.41) is 9.46. The normalized spacial score (nSPS) is 13.0. The molecule has 1 atom stereocenters. The minimum Gasteiger partial charge on any atom is -0.459 e. The van der Waals surface area contributed by atoms with Crippen molar-refractivity contribution in [3.63, 3.8) is 0 Å². The molecule has 0 spiro atoms. The zero-order valence-corrected chi connectivity index (χ0v) is 13.1. The van der Waals surface area contributed by atoms with Crippen molar-refractivity contribution >= 4 is 22.6 Å². The number of hydrogen-bond donors (Lipinski definition) is 1. The number of benzene rings is 1. The van der Waals surface area contributed by atoms with Crippen LogP contribution in [0.15, 0.2) is 34.7 Å². The zero-order valence-electron chi connectivity index (χ0n) is 12.4. The van der Waals surface area contributed by atoms with E-state index in [0.717, 1.165) is 34.4 Å². The fourth-order valence-corrected chi connectivity index (χ4v) is 2.88. The topological polar surface area (TPSA) is 43.0 Å². The van der Waals surface area contributed by atoms with Crippen molar-refractivity contribution in [2.75, 3.05) is 7.05 Å². The molecule has 2 aromatic heterocycles. The van der Waals surface area contributed by atoms with Gasteiger partial charge >= 0.3 is 0 Å². The fraction of sp³-hybridized carbons (Fsp3) is 0.312. The van der Waals surface area contributed by atoms with E-state index in [9.17, 15) is 0 Å². The highest BCUT2D eigenvalue weighted by Crippen LogP contribution is 2.29. The molecule has 1 aromatic carbocycles. The molecule has 3 rings (SSSR count). The summed E-state index contributed by atoms with van der Waals surface area (Å²) in [4.78, 5) is 0. The summed E-state index contributed by atoms with van der Waals surface area (Å²) in [7, 11) is 3.78. The Labute approximate surface area is 128 Å². The molecule has 110 valence electrons. The van der Waals surface area contributed by atoms with Gasteiger partial charge in [-0.05, 0) is 32.5 Å². The first-order valence-corrected chi connectivity index (χ1v) is 7.31. The van der Waals surface area contributed by atoms with Gasteiger partial charge in [0.1, 0.15) is 16.5 Å². The number of furan rings is 1. The maximum atomic E-state index is 6.32. The first-order valence-electron chi connectivity index (χ1n) is 6.94. The lowest BCUT2D eigenvalue weighted by atomic mass is 10.0. The van der Waals surface area contributed by atoms with Crippen LogP contribution in [-0.2, 0) is 13.5 Å². The molecule has 1 N–H and O–H groups in total. The maximum absolute atomic E-state index is 6.32. The summed E-state index contributed by atoms with van der Waals surface area (Å²) >= 11 is 6.32. The maximum Gasteiger partial charge on any atom is 0.134 e. The molecular weight excluding hydrogens is 286 g/mol. The quantitative estimate of drug-likeness (QED) is 0.800. The van der Waals surface area contributed by atoms with Gasteiger partial charge in [0.2, 0.25) is 0 Å². The number of nitrogens with zero attached hydrogens (tertiary/aromatic N) is 2. The van der Waals surface area contributed by atoms with Gasteiger partial charge in [-0.25, -0.2) is 0 Å². The lowest BCUT2D eigenvalue weighted by Crippen LogP contribution is -2.18. The van der Waals surface area contributed by atoms with Crippen molar-refractivity contribution in [2.24, 2.45) is 7.05 Å². The van der Waals surface area contributed by atoms with E-state index in [2.05, 4.69) is 22.5 Å². The van der Waals surface area contributed by atoms with E-state index in [-0.39, 0.29) is 6.04 Å². The Kier molecular flexibility index (Phi) is 3.74. The molecule has 0 radical (unpaired) electrons. The standard InChI is InChI=1S/C16H18ClN3O/c1-10-12(16(17)20(3)19-10)9-13(18-2)15-8-11-6-4-5-7-14(11)21-15/h4-8,13,18H,9H2,1-3H3.